The van der Waals surface area contributed by atoms with Crippen LogP contribution in [0, 0.1) is 5.92 Å². The molecule has 1 aliphatic carbocycles. The highest BCUT2D eigenvalue weighted by atomic mass is 35.5. The Balaban J connectivity index is 0.00000364. The molecule has 0 heterocycles. The van der Waals surface area contributed by atoms with Crippen molar-refractivity contribution in [3.63, 3.8) is 0 Å². The maximum absolute atomic E-state index is 12.1. The minimum absolute atomic E-state index is 0. The van der Waals surface area contributed by atoms with E-state index in [2.05, 4.69) is 17.1 Å². The second-order valence-corrected chi connectivity index (χ2v) is 7.36. The zero-order valence-corrected chi connectivity index (χ0v) is 17.7. The number of halogens is 1. The molecule has 1 aliphatic rings. The molecule has 1 fully saturated rings. The molecule has 1 saturated carbocycles. The SMILES string of the molecule is COc1cc(C=CC(=O)N[C@H]2CC[C@@H](C)CC2)ccc1OCCN(C)C.Cl. The number of nitrogens with one attached hydrogen (secondary N) is 1. The number of hydrogen-bond donors (Lipinski definition) is 1. The molecule has 0 saturated heterocycles. The fourth-order valence-electron chi connectivity index (χ4n) is 3.07. The van der Waals surface area contributed by atoms with Crippen LogP contribution < -0.4 is 14.8 Å². The average molecular weight is 397 g/mol. The van der Waals surface area contributed by atoms with E-state index in [1.165, 1.54) is 12.8 Å². The third-order valence-electron chi connectivity index (χ3n) is 4.77. The lowest BCUT2D eigenvalue weighted by atomic mass is 9.87. The number of methoxy groups -OCH3 is 1. The summed E-state index contributed by atoms with van der Waals surface area (Å²) in [4.78, 5) is 14.2. The predicted octanol–water partition coefficient (Wildman–Crippen LogP) is 3.77. The fourth-order valence-corrected chi connectivity index (χ4v) is 3.07. The Kier molecular flexibility index (Phi) is 10.3. The smallest absolute Gasteiger partial charge is 0.244 e. The van der Waals surface area contributed by atoms with Gasteiger partial charge in [0.05, 0.1) is 7.11 Å². The molecule has 1 amide bonds. The van der Waals surface area contributed by atoms with Crippen molar-refractivity contribution in [2.24, 2.45) is 5.92 Å². The predicted molar refractivity (Wildman–Crippen MR) is 113 cm³/mol. The lowest BCUT2D eigenvalue weighted by Gasteiger charge is -2.26. The monoisotopic (exact) mass is 396 g/mol. The van der Waals surface area contributed by atoms with Crippen LogP contribution >= 0.6 is 12.4 Å². The first kappa shape index (κ1) is 23.3. The first-order chi connectivity index (χ1) is 12.5. The molecule has 5 nitrogen and oxygen atoms in total. The molecule has 1 N–H and O–H groups in total. The van der Waals surface area contributed by atoms with Crippen LogP contribution in [0.1, 0.15) is 38.2 Å². The summed E-state index contributed by atoms with van der Waals surface area (Å²) in [6.45, 7) is 3.71. The molecule has 0 atom stereocenters. The number of rotatable bonds is 8. The highest BCUT2D eigenvalue weighted by Crippen LogP contribution is 2.28. The van der Waals surface area contributed by atoms with Crippen LogP contribution in [0.25, 0.3) is 6.08 Å². The minimum Gasteiger partial charge on any atom is -0.493 e. The third-order valence-corrected chi connectivity index (χ3v) is 4.77. The summed E-state index contributed by atoms with van der Waals surface area (Å²) in [5, 5.41) is 3.10. The van der Waals surface area contributed by atoms with Crippen molar-refractivity contribution in [2.45, 2.75) is 38.6 Å². The van der Waals surface area contributed by atoms with E-state index < -0.39 is 0 Å². The highest BCUT2D eigenvalue weighted by molar-refractivity contribution is 5.92. The summed E-state index contributed by atoms with van der Waals surface area (Å²) < 4.78 is 11.2. The molecule has 1 aromatic carbocycles. The number of ether oxygens (including phenoxy) is 2. The van der Waals surface area contributed by atoms with Gasteiger partial charge in [-0.25, -0.2) is 0 Å². The number of hydrogen-bond acceptors (Lipinski definition) is 4. The molecule has 0 aromatic heterocycles. The van der Waals surface area contributed by atoms with E-state index in [1.54, 1.807) is 13.2 Å². The molecular weight excluding hydrogens is 364 g/mol. The van der Waals surface area contributed by atoms with E-state index in [-0.39, 0.29) is 18.3 Å². The van der Waals surface area contributed by atoms with Crippen molar-refractivity contribution < 1.29 is 14.3 Å². The van der Waals surface area contributed by atoms with Gasteiger partial charge >= 0.3 is 0 Å². The van der Waals surface area contributed by atoms with Crippen molar-refractivity contribution in [2.75, 3.05) is 34.4 Å². The van der Waals surface area contributed by atoms with Gasteiger partial charge in [0, 0.05) is 18.7 Å². The number of likely N-dealkylation sites (N-methyl/N-ethyl adjacent to an activating group) is 1. The van der Waals surface area contributed by atoms with Crippen LogP contribution in [0.5, 0.6) is 11.5 Å². The summed E-state index contributed by atoms with van der Waals surface area (Å²) >= 11 is 0. The Morgan fingerprint density at radius 1 is 1.22 bits per heavy atom. The van der Waals surface area contributed by atoms with Gasteiger partial charge in [0.2, 0.25) is 5.91 Å². The summed E-state index contributed by atoms with van der Waals surface area (Å²) in [5.41, 5.74) is 0.911. The summed E-state index contributed by atoms with van der Waals surface area (Å²) in [6.07, 6.45) is 7.95. The Labute approximate surface area is 169 Å². The molecule has 0 unspecified atom stereocenters. The van der Waals surface area contributed by atoms with Crippen LogP contribution in [0.15, 0.2) is 24.3 Å². The van der Waals surface area contributed by atoms with Gasteiger partial charge in [-0.2, -0.15) is 0 Å². The normalized spacial score (nSPS) is 19.6. The Bertz CT molecular complexity index is 611. The summed E-state index contributed by atoms with van der Waals surface area (Å²) in [6, 6.07) is 6.01. The van der Waals surface area contributed by atoms with E-state index in [0.29, 0.717) is 24.1 Å². The Morgan fingerprint density at radius 2 is 1.93 bits per heavy atom. The van der Waals surface area contributed by atoms with Gasteiger partial charge in [-0.3, -0.25) is 4.79 Å². The largest absolute Gasteiger partial charge is 0.493 e. The maximum Gasteiger partial charge on any atom is 0.244 e. The minimum atomic E-state index is -0.0326. The second-order valence-electron chi connectivity index (χ2n) is 7.36. The van der Waals surface area contributed by atoms with Crippen LogP contribution in [0.2, 0.25) is 0 Å². The van der Waals surface area contributed by atoms with Crippen LogP contribution in [0.4, 0.5) is 0 Å². The molecule has 0 radical (unpaired) electrons. The van der Waals surface area contributed by atoms with Crippen LogP contribution in [0.3, 0.4) is 0 Å². The zero-order chi connectivity index (χ0) is 18.9. The fraction of sp³-hybridized carbons (Fsp3) is 0.571. The van der Waals surface area contributed by atoms with E-state index >= 15 is 0 Å². The van der Waals surface area contributed by atoms with E-state index in [9.17, 15) is 4.79 Å². The van der Waals surface area contributed by atoms with Crippen molar-refractivity contribution in [3.05, 3.63) is 29.8 Å². The lowest BCUT2D eigenvalue weighted by molar-refractivity contribution is -0.117. The summed E-state index contributed by atoms with van der Waals surface area (Å²) in [7, 11) is 5.64. The molecule has 1 aromatic rings. The average Bonchev–Trinajstić information content (AvgIpc) is 2.62. The van der Waals surface area contributed by atoms with Gasteiger partial charge < -0.3 is 19.7 Å². The van der Waals surface area contributed by atoms with Gasteiger partial charge in [0.25, 0.3) is 0 Å². The van der Waals surface area contributed by atoms with Gasteiger partial charge in [0.15, 0.2) is 11.5 Å². The van der Waals surface area contributed by atoms with E-state index in [4.69, 9.17) is 9.47 Å². The van der Waals surface area contributed by atoms with Gasteiger partial charge in [0.1, 0.15) is 6.61 Å². The third kappa shape index (κ3) is 8.22. The first-order valence-corrected chi connectivity index (χ1v) is 9.42. The molecule has 0 spiro atoms. The summed E-state index contributed by atoms with van der Waals surface area (Å²) in [5.74, 6) is 2.14. The van der Waals surface area contributed by atoms with Crippen molar-refractivity contribution in [1.82, 2.24) is 10.2 Å². The topological polar surface area (TPSA) is 50.8 Å². The van der Waals surface area contributed by atoms with Crippen LogP contribution in [-0.4, -0.2) is 51.2 Å². The molecule has 27 heavy (non-hydrogen) atoms. The highest BCUT2D eigenvalue weighted by Gasteiger charge is 2.18. The zero-order valence-electron chi connectivity index (χ0n) is 16.9. The maximum atomic E-state index is 12.1. The molecule has 152 valence electrons. The second kappa shape index (κ2) is 11.9. The Hall–Kier alpha value is -1.72. The number of carbonyl (C=O) groups excluding carboxylic acids is 1. The van der Waals surface area contributed by atoms with E-state index in [0.717, 1.165) is 30.9 Å². The molecule has 6 heteroatoms. The van der Waals surface area contributed by atoms with Gasteiger partial charge in [-0.05, 0) is 69.5 Å². The number of benzene rings is 1. The van der Waals surface area contributed by atoms with Crippen molar-refractivity contribution in [1.29, 1.82) is 0 Å². The standard InChI is InChI=1S/C21H32N2O3.ClH/c1-16-5-9-18(10-6-16)22-21(24)12-8-17-7-11-19(20(15-17)25-4)26-14-13-23(2)3;/h7-8,11-12,15-16,18H,5-6,9-10,13-14H2,1-4H3,(H,22,24);1H/t16-,18+;. The number of carbonyl (C=O) groups is 1. The van der Waals surface area contributed by atoms with Gasteiger partial charge in [-0.1, -0.05) is 13.0 Å². The lowest BCUT2D eigenvalue weighted by Crippen LogP contribution is -2.36. The van der Waals surface area contributed by atoms with Crippen molar-refractivity contribution >= 4 is 24.4 Å². The molecule has 0 aliphatic heterocycles. The number of amides is 1. The Morgan fingerprint density at radius 3 is 2.56 bits per heavy atom. The van der Waals surface area contributed by atoms with Crippen molar-refractivity contribution in [3.8, 4) is 11.5 Å². The van der Waals surface area contributed by atoms with Gasteiger partial charge in [-0.15, -0.1) is 12.4 Å². The first-order valence-electron chi connectivity index (χ1n) is 9.42. The number of nitrogens with zero attached hydrogens (tertiary/aromatic N) is 1. The molecule has 0 bridgehead atoms. The molecular formula is C21H33ClN2O3. The van der Waals surface area contributed by atoms with Crippen LogP contribution in [-0.2, 0) is 4.79 Å². The van der Waals surface area contributed by atoms with E-state index in [1.807, 2.05) is 38.4 Å². The quantitative estimate of drug-likeness (QED) is 0.679. The molecule has 2 rings (SSSR count).